The smallest absolute Gasteiger partial charge is 0.391 e. The lowest BCUT2D eigenvalue weighted by Crippen LogP contribution is -2.21. The van der Waals surface area contributed by atoms with E-state index in [1.54, 1.807) is 6.92 Å². The molecule has 0 fully saturated rings. The Balaban J connectivity index is 2.57. The molecule has 0 spiro atoms. The molecule has 0 unspecified atom stereocenters. The summed E-state index contributed by atoms with van der Waals surface area (Å²) in [6.07, 6.45) is -4.88. The third-order valence-electron chi connectivity index (χ3n) is 4.01. The Morgan fingerprint density at radius 1 is 1.36 bits per heavy atom. The Labute approximate surface area is 161 Å². The van der Waals surface area contributed by atoms with Crippen LogP contribution >= 0.6 is 11.6 Å². The van der Waals surface area contributed by atoms with E-state index in [4.69, 9.17) is 16.7 Å². The molecular weight excluding hydrogens is 411 g/mol. The van der Waals surface area contributed by atoms with Gasteiger partial charge in [-0.2, -0.15) is 27.1 Å². The predicted molar refractivity (Wildman–Crippen MR) is 90.9 cm³/mol. The van der Waals surface area contributed by atoms with Crippen LogP contribution < -0.4 is 4.74 Å². The molecule has 1 aromatic carbocycles. The van der Waals surface area contributed by atoms with Crippen molar-refractivity contribution in [3.8, 4) is 17.0 Å². The van der Waals surface area contributed by atoms with Crippen LogP contribution in [0.4, 0.5) is 22.0 Å². The van der Waals surface area contributed by atoms with Crippen molar-refractivity contribution in [2.24, 2.45) is 5.92 Å². The molecule has 0 saturated carbocycles. The van der Waals surface area contributed by atoms with Crippen LogP contribution in [0.5, 0.6) is 5.75 Å². The van der Waals surface area contributed by atoms with Crippen molar-refractivity contribution in [3.63, 3.8) is 0 Å². The largest absolute Gasteiger partial charge is 0.476 e. The van der Waals surface area contributed by atoms with E-state index in [-0.39, 0.29) is 28.4 Å². The Hall–Kier alpha value is -2.36. The molecular formula is C17H16ClF5N2O3. The quantitative estimate of drug-likeness (QED) is 0.613. The standard InChI is InChI=1S/C17H16ClF5N2O3/c1-3-25-14(12(18)13(24-25)15(26)27)10-5-4-9(6-8(2)17(21,22)23)7-11(10)28-16(19)20/h4-5,7-8,16H,3,6H2,1-2H3,(H,26,27)/t8-/m1/s1. The molecule has 11 heteroatoms. The molecule has 0 aliphatic heterocycles. The normalized spacial score (nSPS) is 13.0. The Morgan fingerprint density at radius 3 is 2.50 bits per heavy atom. The van der Waals surface area contributed by atoms with Gasteiger partial charge >= 0.3 is 18.8 Å². The summed E-state index contributed by atoms with van der Waals surface area (Å²) in [4.78, 5) is 11.2. The van der Waals surface area contributed by atoms with Crippen LogP contribution in [-0.2, 0) is 13.0 Å². The summed E-state index contributed by atoms with van der Waals surface area (Å²) < 4.78 is 69.7. The highest BCUT2D eigenvalue weighted by Crippen LogP contribution is 2.39. The van der Waals surface area contributed by atoms with Crippen LogP contribution in [0.1, 0.15) is 29.9 Å². The Morgan fingerprint density at radius 2 is 2.00 bits per heavy atom. The number of halogens is 6. The van der Waals surface area contributed by atoms with E-state index in [2.05, 4.69) is 9.84 Å². The van der Waals surface area contributed by atoms with E-state index < -0.39 is 42.5 Å². The molecule has 2 rings (SSSR count). The topological polar surface area (TPSA) is 64.4 Å². The average Bonchev–Trinajstić information content (AvgIpc) is 2.90. The maximum absolute atomic E-state index is 12.9. The summed E-state index contributed by atoms with van der Waals surface area (Å²) in [5, 5.41) is 12.7. The van der Waals surface area contributed by atoms with E-state index in [1.165, 1.54) is 16.8 Å². The molecule has 0 bridgehead atoms. The number of alkyl halides is 5. The van der Waals surface area contributed by atoms with Gasteiger partial charge in [0, 0.05) is 12.1 Å². The molecule has 0 aliphatic carbocycles. The second kappa shape index (κ2) is 8.34. The van der Waals surface area contributed by atoms with E-state index >= 15 is 0 Å². The zero-order chi connectivity index (χ0) is 21.2. The van der Waals surface area contributed by atoms with Crippen LogP contribution in [0.25, 0.3) is 11.3 Å². The number of benzene rings is 1. The van der Waals surface area contributed by atoms with Crippen LogP contribution in [0.3, 0.4) is 0 Å². The van der Waals surface area contributed by atoms with Gasteiger partial charge in [-0.1, -0.05) is 24.6 Å². The number of carboxylic acid groups (broad SMARTS) is 1. The number of ether oxygens (including phenoxy) is 1. The van der Waals surface area contributed by atoms with Crippen molar-refractivity contribution in [3.05, 3.63) is 34.5 Å². The first-order valence-corrected chi connectivity index (χ1v) is 8.47. The number of aromatic nitrogens is 2. The second-order valence-electron chi connectivity index (χ2n) is 5.99. The molecule has 1 heterocycles. The summed E-state index contributed by atoms with van der Waals surface area (Å²) in [5.74, 6) is -3.53. The third kappa shape index (κ3) is 4.73. The molecule has 1 atom stereocenters. The number of carboxylic acids is 1. The average molecular weight is 427 g/mol. The fraction of sp³-hybridized carbons (Fsp3) is 0.412. The number of hydrogen-bond acceptors (Lipinski definition) is 3. The van der Waals surface area contributed by atoms with Crippen LogP contribution in [0.15, 0.2) is 18.2 Å². The summed E-state index contributed by atoms with van der Waals surface area (Å²) in [7, 11) is 0. The molecule has 5 nitrogen and oxygen atoms in total. The second-order valence-corrected chi connectivity index (χ2v) is 6.37. The van der Waals surface area contributed by atoms with Gasteiger partial charge in [0.2, 0.25) is 0 Å². The highest BCUT2D eigenvalue weighted by Gasteiger charge is 2.36. The van der Waals surface area contributed by atoms with Crippen molar-refractivity contribution in [1.82, 2.24) is 9.78 Å². The molecule has 0 saturated heterocycles. The van der Waals surface area contributed by atoms with Gasteiger partial charge in [-0.15, -0.1) is 0 Å². The maximum Gasteiger partial charge on any atom is 0.391 e. The van der Waals surface area contributed by atoms with Gasteiger partial charge in [0.1, 0.15) is 10.8 Å². The van der Waals surface area contributed by atoms with Crippen molar-refractivity contribution in [2.45, 2.75) is 39.6 Å². The van der Waals surface area contributed by atoms with Crippen molar-refractivity contribution in [1.29, 1.82) is 0 Å². The van der Waals surface area contributed by atoms with Gasteiger partial charge in [-0.25, -0.2) is 4.79 Å². The number of nitrogens with zero attached hydrogens (tertiary/aromatic N) is 2. The van der Waals surface area contributed by atoms with Gasteiger partial charge in [-0.05, 0) is 31.0 Å². The fourth-order valence-corrected chi connectivity index (χ4v) is 2.93. The zero-order valence-electron chi connectivity index (χ0n) is 14.7. The van der Waals surface area contributed by atoms with Crippen molar-refractivity contribution >= 4 is 17.6 Å². The fourth-order valence-electron chi connectivity index (χ4n) is 2.61. The lowest BCUT2D eigenvalue weighted by Gasteiger charge is -2.18. The molecule has 2 aromatic rings. The van der Waals surface area contributed by atoms with E-state index in [0.29, 0.717) is 0 Å². The van der Waals surface area contributed by atoms with Crippen molar-refractivity contribution in [2.75, 3.05) is 0 Å². The van der Waals surface area contributed by atoms with Gasteiger partial charge in [0.25, 0.3) is 0 Å². The monoisotopic (exact) mass is 426 g/mol. The minimum Gasteiger partial charge on any atom is -0.476 e. The van der Waals surface area contributed by atoms with Gasteiger partial charge in [0.15, 0.2) is 5.69 Å². The van der Waals surface area contributed by atoms with Crippen molar-refractivity contribution < 1.29 is 36.6 Å². The number of aryl methyl sites for hydroxylation is 1. The number of rotatable bonds is 7. The first-order chi connectivity index (χ1) is 13.0. The molecule has 28 heavy (non-hydrogen) atoms. The Kier molecular flexibility index (Phi) is 6.53. The number of aromatic carboxylic acids is 1. The van der Waals surface area contributed by atoms with Crippen LogP contribution in [-0.4, -0.2) is 33.6 Å². The van der Waals surface area contributed by atoms with E-state index in [9.17, 15) is 26.7 Å². The summed E-state index contributed by atoms with van der Waals surface area (Å²) in [6, 6.07) is 3.64. The van der Waals surface area contributed by atoms with Gasteiger partial charge < -0.3 is 9.84 Å². The number of carbonyl (C=O) groups is 1. The summed E-state index contributed by atoms with van der Waals surface area (Å²) >= 11 is 6.07. The maximum atomic E-state index is 12.9. The zero-order valence-corrected chi connectivity index (χ0v) is 15.5. The summed E-state index contributed by atoms with van der Waals surface area (Å²) in [6.45, 7) is -0.469. The first-order valence-electron chi connectivity index (χ1n) is 8.10. The molecule has 1 aromatic heterocycles. The lowest BCUT2D eigenvalue weighted by atomic mass is 9.98. The predicted octanol–water partition coefficient (Wildman–Crippen LogP) is 5.26. The highest BCUT2D eigenvalue weighted by atomic mass is 35.5. The molecule has 1 N–H and O–H groups in total. The number of hydrogen-bond donors (Lipinski definition) is 1. The minimum absolute atomic E-state index is 0.00411. The minimum atomic E-state index is -4.44. The van der Waals surface area contributed by atoms with Crippen LogP contribution in [0.2, 0.25) is 5.02 Å². The lowest BCUT2D eigenvalue weighted by molar-refractivity contribution is -0.169. The molecule has 0 amide bonds. The van der Waals surface area contributed by atoms with Crippen LogP contribution in [0, 0.1) is 5.92 Å². The SMILES string of the molecule is CCn1nc(C(=O)O)c(Cl)c1-c1ccc(C[C@@H](C)C(F)(F)F)cc1OC(F)F. The van der Waals surface area contributed by atoms with E-state index in [1.807, 2.05) is 0 Å². The van der Waals surface area contributed by atoms with E-state index in [0.717, 1.165) is 13.0 Å². The summed E-state index contributed by atoms with van der Waals surface area (Å²) in [5.41, 5.74) is -0.333. The molecule has 0 radical (unpaired) electrons. The molecule has 154 valence electrons. The third-order valence-corrected chi connectivity index (χ3v) is 4.37. The Bertz CT molecular complexity index is 867. The molecule has 0 aliphatic rings. The first kappa shape index (κ1) is 21.9. The van der Waals surface area contributed by atoms with Gasteiger partial charge in [-0.3, -0.25) is 4.68 Å². The highest BCUT2D eigenvalue weighted by molar-refractivity contribution is 6.35. The van der Waals surface area contributed by atoms with Gasteiger partial charge in [0.05, 0.1) is 11.6 Å².